The molecule has 0 saturated carbocycles. The van der Waals surface area contributed by atoms with E-state index in [-0.39, 0.29) is 5.78 Å². The molecule has 6 heteroatoms. The van der Waals surface area contributed by atoms with Gasteiger partial charge in [-0.1, -0.05) is 35.3 Å². The molecule has 138 valence electrons. The highest BCUT2D eigenvalue weighted by Crippen LogP contribution is 2.25. The molecule has 26 heavy (non-hydrogen) atoms. The van der Waals surface area contributed by atoms with E-state index >= 15 is 0 Å². The molecular weight excluding hydrogens is 373 g/mol. The quantitative estimate of drug-likeness (QED) is 0.658. The number of halogens is 2. The van der Waals surface area contributed by atoms with E-state index < -0.39 is 6.10 Å². The predicted molar refractivity (Wildman–Crippen MR) is 103 cm³/mol. The molecule has 0 spiro atoms. The Balaban J connectivity index is 1.71. The van der Waals surface area contributed by atoms with Crippen molar-refractivity contribution in [1.29, 1.82) is 0 Å². The smallest absolute Gasteiger partial charge is 0.196 e. The molecule has 1 atom stereocenters. The standard InChI is InChI=1S/C20H21Cl2NO3/c21-17-5-1-15(2-6-17)19(24)20(16-3-7-18(22)8-4-16)26-14-11-23-9-12-25-13-10-23/h1-8,20H,9-14H2. The molecule has 0 bridgehead atoms. The summed E-state index contributed by atoms with van der Waals surface area (Å²) in [6.45, 7) is 4.49. The van der Waals surface area contributed by atoms with Crippen LogP contribution in [0.4, 0.5) is 0 Å². The lowest BCUT2D eigenvalue weighted by Crippen LogP contribution is -2.38. The van der Waals surface area contributed by atoms with E-state index in [1.165, 1.54) is 0 Å². The van der Waals surface area contributed by atoms with Crippen LogP contribution in [0.5, 0.6) is 0 Å². The van der Waals surface area contributed by atoms with Gasteiger partial charge in [0.15, 0.2) is 5.78 Å². The van der Waals surface area contributed by atoms with Gasteiger partial charge in [0.1, 0.15) is 6.10 Å². The van der Waals surface area contributed by atoms with Crippen LogP contribution in [0.3, 0.4) is 0 Å². The zero-order valence-electron chi connectivity index (χ0n) is 14.4. The topological polar surface area (TPSA) is 38.8 Å². The van der Waals surface area contributed by atoms with Crippen LogP contribution in [-0.4, -0.2) is 50.1 Å². The summed E-state index contributed by atoms with van der Waals surface area (Å²) in [5.74, 6) is -0.0917. The summed E-state index contributed by atoms with van der Waals surface area (Å²) in [4.78, 5) is 15.3. The molecule has 0 radical (unpaired) electrons. The predicted octanol–water partition coefficient (Wildman–Crippen LogP) is 4.27. The molecule has 0 amide bonds. The second-order valence-corrected chi connectivity index (χ2v) is 7.00. The van der Waals surface area contributed by atoms with Gasteiger partial charge >= 0.3 is 0 Å². The Morgan fingerprint density at radius 3 is 2.19 bits per heavy atom. The van der Waals surface area contributed by atoms with Crippen molar-refractivity contribution in [2.24, 2.45) is 0 Å². The van der Waals surface area contributed by atoms with Gasteiger partial charge < -0.3 is 9.47 Å². The lowest BCUT2D eigenvalue weighted by atomic mass is 10.00. The fourth-order valence-electron chi connectivity index (χ4n) is 2.85. The molecule has 1 saturated heterocycles. The van der Waals surface area contributed by atoms with E-state index in [0.717, 1.165) is 38.4 Å². The molecule has 1 aliphatic rings. The maximum atomic E-state index is 13.0. The number of morpholine rings is 1. The summed E-state index contributed by atoms with van der Waals surface area (Å²) >= 11 is 11.9. The first-order valence-electron chi connectivity index (χ1n) is 8.60. The minimum absolute atomic E-state index is 0.0917. The zero-order valence-corrected chi connectivity index (χ0v) is 15.9. The van der Waals surface area contributed by atoms with E-state index in [4.69, 9.17) is 32.7 Å². The van der Waals surface area contributed by atoms with Gasteiger partial charge in [-0.2, -0.15) is 0 Å². The van der Waals surface area contributed by atoms with Crippen LogP contribution in [0.25, 0.3) is 0 Å². The molecule has 1 fully saturated rings. The Labute approximate surface area is 163 Å². The minimum atomic E-state index is -0.672. The van der Waals surface area contributed by atoms with Crippen LogP contribution in [0.1, 0.15) is 22.0 Å². The molecular formula is C20H21Cl2NO3. The highest BCUT2D eigenvalue weighted by atomic mass is 35.5. The first-order valence-corrected chi connectivity index (χ1v) is 9.36. The summed E-state index contributed by atoms with van der Waals surface area (Å²) in [5, 5.41) is 1.22. The molecule has 0 aromatic heterocycles. The molecule has 2 aromatic carbocycles. The van der Waals surface area contributed by atoms with Crippen LogP contribution >= 0.6 is 23.2 Å². The average molecular weight is 394 g/mol. The van der Waals surface area contributed by atoms with E-state index in [2.05, 4.69) is 4.90 Å². The van der Waals surface area contributed by atoms with Crippen molar-refractivity contribution in [3.05, 3.63) is 69.7 Å². The van der Waals surface area contributed by atoms with Gasteiger partial charge in [-0.25, -0.2) is 0 Å². The molecule has 1 heterocycles. The van der Waals surface area contributed by atoms with Gasteiger partial charge in [0, 0.05) is 35.2 Å². The second-order valence-electron chi connectivity index (χ2n) is 6.13. The first kappa shape index (κ1) is 19.3. The number of hydrogen-bond donors (Lipinski definition) is 0. The summed E-state index contributed by atoms with van der Waals surface area (Å²) in [6.07, 6.45) is -0.672. The second kappa shape index (κ2) is 9.49. The number of carbonyl (C=O) groups is 1. The SMILES string of the molecule is O=C(c1ccc(Cl)cc1)C(OCCN1CCOCC1)c1ccc(Cl)cc1. The lowest BCUT2D eigenvalue weighted by Gasteiger charge is -2.27. The maximum Gasteiger partial charge on any atom is 0.196 e. The van der Waals surface area contributed by atoms with Gasteiger partial charge in [-0.05, 0) is 42.0 Å². The Bertz CT molecular complexity index is 713. The number of ketones is 1. The van der Waals surface area contributed by atoms with E-state index in [1.807, 2.05) is 12.1 Å². The average Bonchev–Trinajstić information content (AvgIpc) is 2.67. The third-order valence-electron chi connectivity index (χ3n) is 4.34. The molecule has 4 nitrogen and oxygen atoms in total. The van der Waals surface area contributed by atoms with Crippen molar-refractivity contribution in [2.45, 2.75) is 6.10 Å². The number of benzene rings is 2. The number of hydrogen-bond acceptors (Lipinski definition) is 4. The Hall–Kier alpha value is -1.43. The summed E-state index contributed by atoms with van der Waals surface area (Å²) in [7, 11) is 0. The monoisotopic (exact) mass is 393 g/mol. The first-order chi connectivity index (χ1) is 12.6. The van der Waals surface area contributed by atoms with E-state index in [9.17, 15) is 4.79 Å². The Kier molecular flexibility index (Phi) is 7.06. The number of ether oxygens (including phenoxy) is 2. The van der Waals surface area contributed by atoms with Crippen molar-refractivity contribution < 1.29 is 14.3 Å². The van der Waals surface area contributed by atoms with Gasteiger partial charge in [0.2, 0.25) is 0 Å². The van der Waals surface area contributed by atoms with Gasteiger partial charge in [-0.15, -0.1) is 0 Å². The van der Waals surface area contributed by atoms with Crippen LogP contribution < -0.4 is 0 Å². The van der Waals surface area contributed by atoms with Crippen molar-refractivity contribution in [2.75, 3.05) is 39.5 Å². The fraction of sp³-hybridized carbons (Fsp3) is 0.350. The third kappa shape index (κ3) is 5.29. The van der Waals surface area contributed by atoms with Crippen molar-refractivity contribution in [3.8, 4) is 0 Å². The number of nitrogens with zero attached hydrogens (tertiary/aromatic N) is 1. The zero-order chi connectivity index (χ0) is 18.4. The molecule has 1 aliphatic heterocycles. The van der Waals surface area contributed by atoms with Gasteiger partial charge in [0.05, 0.1) is 19.8 Å². The van der Waals surface area contributed by atoms with E-state index in [1.54, 1.807) is 36.4 Å². The molecule has 2 aromatic rings. The largest absolute Gasteiger partial charge is 0.379 e. The normalized spacial score (nSPS) is 16.4. The highest BCUT2D eigenvalue weighted by molar-refractivity contribution is 6.31. The van der Waals surface area contributed by atoms with Gasteiger partial charge in [-0.3, -0.25) is 9.69 Å². The van der Waals surface area contributed by atoms with Gasteiger partial charge in [0.25, 0.3) is 0 Å². The number of carbonyl (C=O) groups excluding carboxylic acids is 1. The summed E-state index contributed by atoms with van der Waals surface area (Å²) in [5.41, 5.74) is 1.36. The highest BCUT2D eigenvalue weighted by Gasteiger charge is 2.23. The van der Waals surface area contributed by atoms with Crippen LogP contribution in [-0.2, 0) is 9.47 Å². The molecule has 3 rings (SSSR count). The summed E-state index contributed by atoms with van der Waals surface area (Å²) < 4.78 is 11.4. The number of rotatable bonds is 7. The summed E-state index contributed by atoms with van der Waals surface area (Å²) in [6, 6.07) is 14.1. The molecule has 0 N–H and O–H groups in total. The number of Topliss-reactive ketones (excluding diaryl/α,β-unsaturated/α-hetero) is 1. The van der Waals surface area contributed by atoms with Crippen LogP contribution in [0.2, 0.25) is 10.0 Å². The van der Waals surface area contributed by atoms with Crippen molar-refractivity contribution in [1.82, 2.24) is 4.90 Å². The third-order valence-corrected chi connectivity index (χ3v) is 4.84. The maximum absolute atomic E-state index is 13.0. The lowest BCUT2D eigenvalue weighted by molar-refractivity contribution is 0.00396. The van der Waals surface area contributed by atoms with Crippen LogP contribution in [0, 0.1) is 0 Å². The van der Waals surface area contributed by atoms with Crippen molar-refractivity contribution in [3.63, 3.8) is 0 Å². The Morgan fingerprint density at radius 1 is 1.00 bits per heavy atom. The van der Waals surface area contributed by atoms with Crippen LogP contribution in [0.15, 0.2) is 48.5 Å². The molecule has 1 unspecified atom stereocenters. The van der Waals surface area contributed by atoms with E-state index in [0.29, 0.717) is 22.2 Å². The minimum Gasteiger partial charge on any atom is -0.379 e. The fourth-order valence-corrected chi connectivity index (χ4v) is 3.10. The Morgan fingerprint density at radius 2 is 1.58 bits per heavy atom. The van der Waals surface area contributed by atoms with Crippen molar-refractivity contribution >= 4 is 29.0 Å². The molecule has 0 aliphatic carbocycles.